The maximum Gasteiger partial charge on any atom is 0.225 e. The minimum absolute atomic E-state index is 0.0133. The van der Waals surface area contributed by atoms with Crippen molar-refractivity contribution in [2.45, 2.75) is 54.0 Å². The lowest BCUT2D eigenvalue weighted by atomic mass is 9.96. The van der Waals surface area contributed by atoms with Gasteiger partial charge in [0.1, 0.15) is 0 Å². The summed E-state index contributed by atoms with van der Waals surface area (Å²) in [7, 11) is 0. The predicted molar refractivity (Wildman–Crippen MR) is 99.1 cm³/mol. The van der Waals surface area contributed by atoms with E-state index in [0.717, 1.165) is 11.3 Å². The Labute approximate surface area is 145 Å². The molecule has 0 radical (unpaired) electrons. The van der Waals surface area contributed by atoms with E-state index in [0.29, 0.717) is 19.5 Å². The van der Waals surface area contributed by atoms with Gasteiger partial charge in [-0.15, -0.1) is 0 Å². The zero-order chi connectivity index (χ0) is 18.3. The summed E-state index contributed by atoms with van der Waals surface area (Å²) in [6.45, 7) is 12.8. The van der Waals surface area contributed by atoms with Crippen LogP contribution < -0.4 is 16.0 Å². The number of rotatable bonds is 7. The lowest BCUT2D eigenvalue weighted by molar-refractivity contribution is -0.128. The van der Waals surface area contributed by atoms with Gasteiger partial charge in [0.05, 0.1) is 0 Å². The number of carbonyl (C=O) groups is 2. The maximum atomic E-state index is 12.1. The van der Waals surface area contributed by atoms with Crippen LogP contribution in [0.5, 0.6) is 0 Å². The van der Waals surface area contributed by atoms with Crippen LogP contribution >= 0.6 is 0 Å². The first-order chi connectivity index (χ1) is 11.1. The first-order valence-corrected chi connectivity index (χ1v) is 8.48. The normalized spacial score (nSPS) is 12.6. The van der Waals surface area contributed by atoms with Crippen molar-refractivity contribution < 1.29 is 9.59 Å². The standard InChI is InChI=1S/C19H31N3O2/c1-13-7-8-16(14(2)11-13)22-17(23)12-15(3)20-9-10-21-18(24)19(4,5)6/h7-8,11,15,20H,9-10,12H2,1-6H3,(H,21,24)(H,22,23). The highest BCUT2D eigenvalue weighted by molar-refractivity contribution is 5.91. The minimum atomic E-state index is -0.378. The van der Waals surface area contributed by atoms with E-state index in [1.54, 1.807) is 0 Å². The largest absolute Gasteiger partial charge is 0.354 e. The summed E-state index contributed by atoms with van der Waals surface area (Å²) in [6.07, 6.45) is 0.389. The van der Waals surface area contributed by atoms with Gasteiger partial charge >= 0.3 is 0 Å². The second-order valence-electron chi connectivity index (χ2n) is 7.43. The number of nitrogens with one attached hydrogen (secondary N) is 3. The number of hydrogen-bond acceptors (Lipinski definition) is 3. The predicted octanol–water partition coefficient (Wildman–Crippen LogP) is 2.77. The van der Waals surface area contributed by atoms with Crippen molar-refractivity contribution in [1.29, 1.82) is 0 Å². The molecule has 5 heteroatoms. The van der Waals surface area contributed by atoms with E-state index < -0.39 is 0 Å². The van der Waals surface area contributed by atoms with Crippen molar-refractivity contribution in [2.75, 3.05) is 18.4 Å². The van der Waals surface area contributed by atoms with Crippen LogP contribution in [0, 0.1) is 19.3 Å². The number of aryl methyl sites for hydroxylation is 2. The Hall–Kier alpha value is -1.88. The molecule has 5 nitrogen and oxygen atoms in total. The smallest absolute Gasteiger partial charge is 0.225 e. The molecule has 0 aliphatic carbocycles. The van der Waals surface area contributed by atoms with Crippen molar-refractivity contribution in [3.05, 3.63) is 29.3 Å². The van der Waals surface area contributed by atoms with E-state index in [9.17, 15) is 9.59 Å². The Morgan fingerprint density at radius 2 is 1.79 bits per heavy atom. The molecule has 0 bridgehead atoms. The number of anilines is 1. The molecular weight excluding hydrogens is 302 g/mol. The van der Waals surface area contributed by atoms with Gasteiger partial charge in [-0.3, -0.25) is 9.59 Å². The zero-order valence-corrected chi connectivity index (χ0v) is 15.7. The summed E-state index contributed by atoms with van der Waals surface area (Å²) in [4.78, 5) is 23.9. The first-order valence-electron chi connectivity index (χ1n) is 8.48. The SMILES string of the molecule is Cc1ccc(NC(=O)CC(C)NCCNC(=O)C(C)(C)C)c(C)c1. The van der Waals surface area contributed by atoms with Crippen LogP contribution in [0.3, 0.4) is 0 Å². The monoisotopic (exact) mass is 333 g/mol. The average molecular weight is 333 g/mol. The fraction of sp³-hybridized carbons (Fsp3) is 0.579. The van der Waals surface area contributed by atoms with Gasteiger partial charge in [-0.05, 0) is 32.4 Å². The van der Waals surface area contributed by atoms with E-state index in [-0.39, 0.29) is 23.3 Å². The molecule has 1 aromatic rings. The van der Waals surface area contributed by atoms with Gasteiger partial charge in [-0.25, -0.2) is 0 Å². The fourth-order valence-electron chi connectivity index (χ4n) is 2.27. The highest BCUT2D eigenvalue weighted by Crippen LogP contribution is 2.16. The third kappa shape index (κ3) is 7.13. The van der Waals surface area contributed by atoms with Crippen molar-refractivity contribution in [3.63, 3.8) is 0 Å². The topological polar surface area (TPSA) is 70.2 Å². The van der Waals surface area contributed by atoms with E-state index >= 15 is 0 Å². The summed E-state index contributed by atoms with van der Waals surface area (Å²) in [5.41, 5.74) is 2.72. The molecule has 24 heavy (non-hydrogen) atoms. The van der Waals surface area contributed by atoms with Gasteiger partial charge in [0.15, 0.2) is 0 Å². The van der Waals surface area contributed by atoms with E-state index in [2.05, 4.69) is 22.0 Å². The molecule has 0 spiro atoms. The van der Waals surface area contributed by atoms with Crippen LogP contribution in [-0.2, 0) is 9.59 Å². The molecule has 134 valence electrons. The third-order valence-electron chi connectivity index (χ3n) is 3.73. The van der Waals surface area contributed by atoms with E-state index in [1.165, 1.54) is 5.56 Å². The molecule has 0 aliphatic heterocycles. The number of carbonyl (C=O) groups excluding carboxylic acids is 2. The number of amides is 2. The summed E-state index contributed by atoms with van der Waals surface area (Å²) in [6, 6.07) is 6.02. The van der Waals surface area contributed by atoms with Gasteiger partial charge in [-0.1, -0.05) is 38.5 Å². The molecule has 3 N–H and O–H groups in total. The highest BCUT2D eigenvalue weighted by atomic mass is 16.2. The Balaban J connectivity index is 2.30. The molecule has 1 aromatic carbocycles. The van der Waals surface area contributed by atoms with Crippen molar-refractivity contribution in [1.82, 2.24) is 10.6 Å². The van der Waals surface area contributed by atoms with E-state index in [1.807, 2.05) is 53.7 Å². The lowest BCUT2D eigenvalue weighted by Crippen LogP contribution is -2.41. The average Bonchev–Trinajstić information content (AvgIpc) is 2.45. The zero-order valence-electron chi connectivity index (χ0n) is 15.7. The minimum Gasteiger partial charge on any atom is -0.354 e. The van der Waals surface area contributed by atoms with Crippen molar-refractivity contribution >= 4 is 17.5 Å². The molecular formula is C19H31N3O2. The van der Waals surface area contributed by atoms with Crippen LogP contribution in [-0.4, -0.2) is 30.9 Å². The van der Waals surface area contributed by atoms with E-state index in [4.69, 9.17) is 0 Å². The van der Waals surface area contributed by atoms with Crippen molar-refractivity contribution in [2.24, 2.45) is 5.41 Å². The molecule has 1 unspecified atom stereocenters. The van der Waals surface area contributed by atoms with Crippen LogP contribution in [0.1, 0.15) is 45.2 Å². The Bertz CT molecular complexity index is 576. The van der Waals surface area contributed by atoms with Gasteiger partial charge in [0.2, 0.25) is 11.8 Å². The Morgan fingerprint density at radius 1 is 1.12 bits per heavy atom. The van der Waals surface area contributed by atoms with Crippen LogP contribution in [0.4, 0.5) is 5.69 Å². The van der Waals surface area contributed by atoms with Crippen LogP contribution in [0.15, 0.2) is 18.2 Å². The molecule has 0 aliphatic rings. The summed E-state index contributed by atoms with van der Waals surface area (Å²) in [5.74, 6) is 0.0187. The summed E-state index contributed by atoms with van der Waals surface area (Å²) < 4.78 is 0. The highest BCUT2D eigenvalue weighted by Gasteiger charge is 2.20. The van der Waals surface area contributed by atoms with Gasteiger partial charge < -0.3 is 16.0 Å². The third-order valence-corrected chi connectivity index (χ3v) is 3.73. The molecule has 0 saturated carbocycles. The lowest BCUT2D eigenvalue weighted by Gasteiger charge is -2.19. The van der Waals surface area contributed by atoms with Gasteiger partial charge in [0, 0.05) is 36.7 Å². The maximum absolute atomic E-state index is 12.1. The van der Waals surface area contributed by atoms with Gasteiger partial charge in [-0.2, -0.15) is 0 Å². The number of benzene rings is 1. The molecule has 0 heterocycles. The first kappa shape index (κ1) is 20.2. The molecule has 1 rings (SSSR count). The fourth-order valence-corrected chi connectivity index (χ4v) is 2.27. The Morgan fingerprint density at radius 3 is 2.38 bits per heavy atom. The quantitative estimate of drug-likeness (QED) is 0.672. The molecule has 2 amide bonds. The number of hydrogen-bond donors (Lipinski definition) is 3. The molecule has 0 aromatic heterocycles. The van der Waals surface area contributed by atoms with Crippen LogP contribution in [0.2, 0.25) is 0 Å². The Kier molecular flexibility index (Phi) is 7.42. The summed E-state index contributed by atoms with van der Waals surface area (Å²) in [5, 5.41) is 9.08. The molecule has 0 fully saturated rings. The molecule has 1 atom stereocenters. The van der Waals surface area contributed by atoms with Gasteiger partial charge in [0.25, 0.3) is 0 Å². The molecule has 0 saturated heterocycles. The van der Waals surface area contributed by atoms with Crippen molar-refractivity contribution in [3.8, 4) is 0 Å². The summed E-state index contributed by atoms with van der Waals surface area (Å²) >= 11 is 0. The van der Waals surface area contributed by atoms with Crippen LogP contribution in [0.25, 0.3) is 0 Å². The second-order valence-corrected chi connectivity index (χ2v) is 7.43. The second kappa shape index (κ2) is 8.83.